The first-order valence-electron chi connectivity index (χ1n) is 4.67. The molecule has 0 aliphatic carbocycles. The Morgan fingerprint density at radius 2 is 2.29 bits per heavy atom. The molecule has 4 nitrogen and oxygen atoms in total. The maximum absolute atomic E-state index is 9.16. The molecule has 76 valence electrons. The molecular formula is C9H12ClN3O. The van der Waals surface area contributed by atoms with Gasteiger partial charge in [-0.1, -0.05) is 11.6 Å². The molecule has 1 N–H and O–H groups in total. The molecule has 1 saturated heterocycles. The van der Waals surface area contributed by atoms with Crippen molar-refractivity contribution in [3.05, 3.63) is 17.5 Å². The molecule has 0 spiro atoms. The second-order valence-electron chi connectivity index (χ2n) is 3.34. The van der Waals surface area contributed by atoms with Gasteiger partial charge in [-0.05, 0) is 12.8 Å². The Morgan fingerprint density at radius 1 is 1.50 bits per heavy atom. The second kappa shape index (κ2) is 4.11. The fourth-order valence-corrected chi connectivity index (χ4v) is 2.02. The summed E-state index contributed by atoms with van der Waals surface area (Å²) < 4.78 is 0. The third-order valence-electron chi connectivity index (χ3n) is 2.50. The Hall–Kier alpha value is -0.870. The van der Waals surface area contributed by atoms with Gasteiger partial charge in [0.1, 0.15) is 0 Å². The number of hydrogen-bond donors (Lipinski definition) is 1. The van der Waals surface area contributed by atoms with E-state index < -0.39 is 0 Å². The molecule has 0 bridgehead atoms. The minimum Gasteiger partial charge on any atom is -0.394 e. The van der Waals surface area contributed by atoms with Crippen molar-refractivity contribution < 1.29 is 5.11 Å². The molecule has 0 saturated carbocycles. The Labute approximate surface area is 87.5 Å². The highest BCUT2D eigenvalue weighted by Crippen LogP contribution is 2.27. The summed E-state index contributed by atoms with van der Waals surface area (Å²) in [5.74, 6) is 0.686. The summed E-state index contributed by atoms with van der Waals surface area (Å²) in [4.78, 5) is 10.2. The molecule has 1 aliphatic heterocycles. The summed E-state index contributed by atoms with van der Waals surface area (Å²) in [5, 5.41) is 9.57. The lowest BCUT2D eigenvalue weighted by molar-refractivity contribution is 0.266. The lowest BCUT2D eigenvalue weighted by Crippen LogP contribution is -2.33. The van der Waals surface area contributed by atoms with E-state index in [2.05, 4.69) is 9.97 Å². The minimum atomic E-state index is 0.143. The quantitative estimate of drug-likeness (QED) is 0.799. The van der Waals surface area contributed by atoms with E-state index in [1.807, 2.05) is 4.90 Å². The first kappa shape index (κ1) is 9.68. The van der Waals surface area contributed by atoms with Crippen LogP contribution in [0.25, 0.3) is 0 Å². The number of aliphatic hydroxyl groups excluding tert-OH is 1. The summed E-state index contributed by atoms with van der Waals surface area (Å²) in [6, 6.07) is 0.143. The van der Waals surface area contributed by atoms with E-state index in [9.17, 15) is 0 Å². The zero-order valence-corrected chi connectivity index (χ0v) is 8.48. The van der Waals surface area contributed by atoms with Gasteiger partial charge in [-0.3, -0.25) is 0 Å². The summed E-state index contributed by atoms with van der Waals surface area (Å²) in [6.45, 7) is 1.04. The van der Waals surface area contributed by atoms with Crippen molar-refractivity contribution in [2.24, 2.45) is 0 Å². The molecule has 5 heteroatoms. The van der Waals surface area contributed by atoms with Gasteiger partial charge in [-0.15, -0.1) is 0 Å². The number of hydrogen-bond acceptors (Lipinski definition) is 4. The Bertz CT molecular complexity index is 321. The van der Waals surface area contributed by atoms with Crippen LogP contribution in [0.5, 0.6) is 0 Å². The number of halogens is 1. The summed E-state index contributed by atoms with van der Waals surface area (Å²) in [7, 11) is 0. The summed E-state index contributed by atoms with van der Waals surface area (Å²) in [5.41, 5.74) is 0. The lowest BCUT2D eigenvalue weighted by atomic mass is 10.2. The predicted octanol–water partition coefficient (Wildman–Crippen LogP) is 1.09. The van der Waals surface area contributed by atoms with Crippen LogP contribution in [0.3, 0.4) is 0 Å². The number of nitrogens with zero attached hydrogens (tertiary/aromatic N) is 3. The van der Waals surface area contributed by atoms with Gasteiger partial charge in [0.15, 0.2) is 11.0 Å². The molecular weight excluding hydrogens is 202 g/mol. The molecule has 1 aromatic rings. The van der Waals surface area contributed by atoms with E-state index in [1.165, 1.54) is 0 Å². The van der Waals surface area contributed by atoms with Gasteiger partial charge in [-0.25, -0.2) is 9.97 Å². The van der Waals surface area contributed by atoms with Crippen LogP contribution in [0.15, 0.2) is 12.4 Å². The molecule has 2 heterocycles. The molecule has 1 aliphatic rings. The first-order valence-corrected chi connectivity index (χ1v) is 5.04. The number of anilines is 1. The lowest BCUT2D eigenvalue weighted by Gasteiger charge is -2.24. The maximum Gasteiger partial charge on any atom is 0.171 e. The van der Waals surface area contributed by atoms with Crippen molar-refractivity contribution >= 4 is 17.4 Å². The molecule has 14 heavy (non-hydrogen) atoms. The van der Waals surface area contributed by atoms with Crippen LogP contribution >= 0.6 is 11.6 Å². The maximum atomic E-state index is 9.16. The van der Waals surface area contributed by atoms with Crippen molar-refractivity contribution in [3.63, 3.8) is 0 Å². The minimum absolute atomic E-state index is 0.143. The first-order chi connectivity index (χ1) is 6.83. The molecule has 1 aromatic heterocycles. The van der Waals surface area contributed by atoms with Crippen LogP contribution in [0, 0.1) is 0 Å². The van der Waals surface area contributed by atoms with Crippen molar-refractivity contribution in [3.8, 4) is 0 Å². The van der Waals surface area contributed by atoms with E-state index in [-0.39, 0.29) is 12.6 Å². The molecule has 1 atom stereocenters. The SMILES string of the molecule is OCC1CCCN1c1nccnc1Cl. The molecule has 1 unspecified atom stereocenters. The zero-order valence-electron chi connectivity index (χ0n) is 7.73. The van der Waals surface area contributed by atoms with Crippen LogP contribution in [0.4, 0.5) is 5.82 Å². The van der Waals surface area contributed by atoms with Crippen molar-refractivity contribution in [2.75, 3.05) is 18.1 Å². The summed E-state index contributed by atoms with van der Waals surface area (Å²) in [6.07, 6.45) is 5.24. The van der Waals surface area contributed by atoms with Crippen LogP contribution < -0.4 is 4.90 Å². The van der Waals surface area contributed by atoms with Crippen LogP contribution in [-0.4, -0.2) is 34.3 Å². The fraction of sp³-hybridized carbons (Fsp3) is 0.556. The Morgan fingerprint density at radius 3 is 3.00 bits per heavy atom. The number of rotatable bonds is 2. The summed E-state index contributed by atoms with van der Waals surface area (Å²) >= 11 is 5.93. The molecule has 1 fully saturated rings. The highest BCUT2D eigenvalue weighted by molar-refractivity contribution is 6.31. The third kappa shape index (κ3) is 1.67. The van der Waals surface area contributed by atoms with E-state index in [4.69, 9.17) is 16.7 Å². The fourth-order valence-electron chi connectivity index (χ4n) is 1.81. The normalized spacial score (nSPS) is 21.6. The van der Waals surface area contributed by atoms with Crippen molar-refractivity contribution in [2.45, 2.75) is 18.9 Å². The highest BCUT2D eigenvalue weighted by atomic mass is 35.5. The molecule has 0 aromatic carbocycles. The van der Waals surface area contributed by atoms with Crippen LogP contribution in [-0.2, 0) is 0 Å². The van der Waals surface area contributed by atoms with Gasteiger partial charge < -0.3 is 10.0 Å². The van der Waals surface area contributed by atoms with Gasteiger partial charge in [0.05, 0.1) is 12.6 Å². The molecule has 0 radical (unpaired) electrons. The van der Waals surface area contributed by atoms with Gasteiger partial charge in [0.2, 0.25) is 0 Å². The van der Waals surface area contributed by atoms with E-state index in [0.29, 0.717) is 11.0 Å². The van der Waals surface area contributed by atoms with Crippen LogP contribution in [0.1, 0.15) is 12.8 Å². The van der Waals surface area contributed by atoms with Crippen molar-refractivity contribution in [1.82, 2.24) is 9.97 Å². The molecule has 0 amide bonds. The highest BCUT2D eigenvalue weighted by Gasteiger charge is 2.26. The predicted molar refractivity (Wildman–Crippen MR) is 54.5 cm³/mol. The van der Waals surface area contributed by atoms with Crippen molar-refractivity contribution in [1.29, 1.82) is 0 Å². The number of aromatic nitrogens is 2. The average molecular weight is 214 g/mol. The monoisotopic (exact) mass is 213 g/mol. The van der Waals surface area contributed by atoms with Gasteiger partial charge in [-0.2, -0.15) is 0 Å². The van der Waals surface area contributed by atoms with E-state index in [1.54, 1.807) is 12.4 Å². The topological polar surface area (TPSA) is 49.2 Å². The van der Waals surface area contributed by atoms with E-state index in [0.717, 1.165) is 19.4 Å². The van der Waals surface area contributed by atoms with Gasteiger partial charge in [0.25, 0.3) is 0 Å². The number of aliphatic hydroxyl groups is 1. The van der Waals surface area contributed by atoms with Gasteiger partial charge in [0, 0.05) is 18.9 Å². The van der Waals surface area contributed by atoms with Crippen LogP contribution in [0.2, 0.25) is 5.15 Å². The second-order valence-corrected chi connectivity index (χ2v) is 3.70. The van der Waals surface area contributed by atoms with E-state index >= 15 is 0 Å². The Kier molecular flexibility index (Phi) is 2.84. The smallest absolute Gasteiger partial charge is 0.171 e. The molecule has 2 rings (SSSR count). The average Bonchev–Trinajstić information content (AvgIpc) is 2.66. The standard InChI is InChI=1S/C9H12ClN3O/c10-8-9(12-4-3-11-8)13-5-1-2-7(13)6-14/h3-4,7,14H,1-2,5-6H2. The van der Waals surface area contributed by atoms with Gasteiger partial charge >= 0.3 is 0 Å². The zero-order chi connectivity index (χ0) is 9.97. The third-order valence-corrected chi connectivity index (χ3v) is 2.76. The largest absolute Gasteiger partial charge is 0.394 e. The Balaban J connectivity index is 2.26.